The largest absolute Gasteiger partial charge is 0.481 e. The lowest BCUT2D eigenvalue weighted by atomic mass is 9.94. The van der Waals surface area contributed by atoms with Crippen molar-refractivity contribution in [1.29, 1.82) is 0 Å². The van der Waals surface area contributed by atoms with Gasteiger partial charge in [0.2, 0.25) is 10.0 Å². The van der Waals surface area contributed by atoms with Crippen molar-refractivity contribution in [1.82, 2.24) is 10.0 Å². The normalized spacial score (nSPS) is 20.6. The van der Waals surface area contributed by atoms with Gasteiger partial charge in [-0.1, -0.05) is 25.2 Å². The molecule has 0 saturated heterocycles. The van der Waals surface area contributed by atoms with E-state index >= 15 is 0 Å². The van der Waals surface area contributed by atoms with Crippen LogP contribution in [0.3, 0.4) is 0 Å². The first-order chi connectivity index (χ1) is 12.3. The van der Waals surface area contributed by atoms with Gasteiger partial charge in [-0.15, -0.1) is 6.42 Å². The average molecular weight is 378 g/mol. The first kappa shape index (κ1) is 19.9. The van der Waals surface area contributed by atoms with Gasteiger partial charge in [0.05, 0.1) is 17.4 Å². The van der Waals surface area contributed by atoms with Crippen LogP contribution in [0, 0.1) is 18.3 Å². The molecule has 0 aliphatic heterocycles. The first-order valence-corrected chi connectivity index (χ1v) is 9.90. The van der Waals surface area contributed by atoms with E-state index in [0.717, 1.165) is 19.3 Å². The quantitative estimate of drug-likeness (QED) is 0.511. The van der Waals surface area contributed by atoms with Crippen molar-refractivity contribution >= 4 is 21.9 Å². The Morgan fingerprint density at radius 1 is 1.15 bits per heavy atom. The summed E-state index contributed by atoms with van der Waals surface area (Å²) in [6, 6.07) is 4.99. The Hall–Kier alpha value is -2.37. The maximum atomic E-state index is 12.4. The van der Waals surface area contributed by atoms with Gasteiger partial charge in [0, 0.05) is 11.6 Å². The van der Waals surface area contributed by atoms with Gasteiger partial charge in [0.25, 0.3) is 5.91 Å². The number of terminal acetylenes is 1. The molecular formula is C18H22N2O5S. The van der Waals surface area contributed by atoms with E-state index in [-0.39, 0.29) is 17.0 Å². The van der Waals surface area contributed by atoms with E-state index < -0.39 is 33.9 Å². The number of carboxylic acids is 1. The molecule has 26 heavy (non-hydrogen) atoms. The summed E-state index contributed by atoms with van der Waals surface area (Å²) in [5, 5.41) is 12.2. The highest BCUT2D eigenvalue weighted by Gasteiger charge is 2.30. The Balaban J connectivity index is 2.10. The molecule has 1 aromatic rings. The summed E-state index contributed by atoms with van der Waals surface area (Å²) in [4.78, 5) is 23.9. The zero-order chi connectivity index (χ0) is 19.2. The molecule has 0 heterocycles. The fraction of sp³-hybridized carbons (Fsp3) is 0.444. The number of amides is 1. The second-order valence-electron chi connectivity index (χ2n) is 6.22. The van der Waals surface area contributed by atoms with Gasteiger partial charge in [-0.05, 0) is 37.1 Å². The molecule has 0 radical (unpaired) electrons. The highest BCUT2D eigenvalue weighted by molar-refractivity contribution is 7.89. The minimum absolute atomic E-state index is 0.00202. The van der Waals surface area contributed by atoms with Gasteiger partial charge in [-0.25, -0.2) is 8.42 Å². The number of nitrogens with one attached hydrogen (secondary N) is 2. The van der Waals surface area contributed by atoms with Gasteiger partial charge < -0.3 is 10.4 Å². The van der Waals surface area contributed by atoms with Crippen LogP contribution in [0.15, 0.2) is 29.2 Å². The molecule has 0 spiro atoms. The standard InChI is InChI=1S/C18H22N2O5S/c1-2-12-19-26(24,25)14-10-8-13(9-11-14)17(21)20-16-7-5-3-4-6-15(16)18(22)23/h1,8-11,15-16,19H,3-7,12H2,(H,20,21)(H,22,23)/t15-,16+/m1/s1. The summed E-state index contributed by atoms with van der Waals surface area (Å²) in [5.74, 6) is 0.264. The maximum absolute atomic E-state index is 12.4. The third-order valence-electron chi connectivity index (χ3n) is 4.44. The van der Waals surface area contributed by atoms with Crippen LogP contribution in [0.1, 0.15) is 42.5 Å². The number of carbonyl (C=O) groups is 2. The van der Waals surface area contributed by atoms with E-state index in [4.69, 9.17) is 6.42 Å². The smallest absolute Gasteiger partial charge is 0.308 e. The van der Waals surface area contributed by atoms with Gasteiger partial charge in [0.15, 0.2) is 0 Å². The average Bonchev–Trinajstić information content (AvgIpc) is 2.85. The van der Waals surface area contributed by atoms with Crippen molar-refractivity contribution in [3.8, 4) is 12.3 Å². The highest BCUT2D eigenvalue weighted by Crippen LogP contribution is 2.24. The van der Waals surface area contributed by atoms with Crippen molar-refractivity contribution in [2.75, 3.05) is 6.54 Å². The van der Waals surface area contributed by atoms with Gasteiger partial charge >= 0.3 is 5.97 Å². The van der Waals surface area contributed by atoms with E-state index in [1.54, 1.807) is 0 Å². The second kappa shape index (κ2) is 8.83. The number of carbonyl (C=O) groups excluding carboxylic acids is 1. The number of hydrogen-bond donors (Lipinski definition) is 3. The minimum Gasteiger partial charge on any atom is -0.481 e. The fourth-order valence-electron chi connectivity index (χ4n) is 3.03. The lowest BCUT2D eigenvalue weighted by Crippen LogP contribution is -2.42. The molecule has 1 saturated carbocycles. The van der Waals surface area contributed by atoms with E-state index in [1.165, 1.54) is 24.3 Å². The van der Waals surface area contributed by atoms with Crippen molar-refractivity contribution in [2.45, 2.75) is 43.0 Å². The zero-order valence-corrected chi connectivity index (χ0v) is 15.1. The molecule has 7 nitrogen and oxygen atoms in total. The Kier molecular flexibility index (Phi) is 6.77. The first-order valence-electron chi connectivity index (χ1n) is 8.42. The zero-order valence-electron chi connectivity index (χ0n) is 14.3. The SMILES string of the molecule is C#CCNS(=O)(=O)c1ccc(C(=O)N[C@H]2CCCCC[C@H]2C(=O)O)cc1. The molecule has 1 aliphatic carbocycles. The predicted octanol–water partition coefficient (Wildman–Crippen LogP) is 1.36. The van der Waals surface area contributed by atoms with Crippen LogP contribution in [-0.4, -0.2) is 38.0 Å². The molecule has 0 aromatic heterocycles. The Labute approximate surface area is 153 Å². The third-order valence-corrected chi connectivity index (χ3v) is 5.86. The summed E-state index contributed by atoms with van der Waals surface area (Å²) in [5.41, 5.74) is 0.272. The van der Waals surface area contributed by atoms with E-state index in [1.807, 2.05) is 0 Å². The summed E-state index contributed by atoms with van der Waals surface area (Å²) in [7, 11) is -3.72. The van der Waals surface area contributed by atoms with Crippen LogP contribution >= 0.6 is 0 Å². The monoisotopic (exact) mass is 378 g/mol. The van der Waals surface area contributed by atoms with Crippen LogP contribution in [0.25, 0.3) is 0 Å². The van der Waals surface area contributed by atoms with Crippen LogP contribution in [0.2, 0.25) is 0 Å². The molecule has 1 aliphatic rings. The van der Waals surface area contributed by atoms with Crippen LogP contribution < -0.4 is 10.0 Å². The molecule has 0 bridgehead atoms. The molecular weight excluding hydrogens is 356 g/mol. The number of aliphatic carboxylic acids is 1. The third kappa shape index (κ3) is 5.07. The second-order valence-corrected chi connectivity index (χ2v) is 7.98. The van der Waals surface area contributed by atoms with Crippen molar-refractivity contribution in [3.05, 3.63) is 29.8 Å². The van der Waals surface area contributed by atoms with Crippen molar-refractivity contribution in [2.24, 2.45) is 5.92 Å². The summed E-state index contributed by atoms with van der Waals surface area (Å²) in [6.07, 6.45) is 8.85. The minimum atomic E-state index is -3.72. The molecule has 0 unspecified atom stereocenters. The van der Waals surface area contributed by atoms with Crippen molar-refractivity contribution < 1.29 is 23.1 Å². The predicted molar refractivity (Wildman–Crippen MR) is 95.9 cm³/mol. The Bertz CT molecular complexity index is 796. The molecule has 8 heteroatoms. The fourth-order valence-corrected chi connectivity index (χ4v) is 3.97. The van der Waals surface area contributed by atoms with E-state index in [2.05, 4.69) is 16.0 Å². The van der Waals surface area contributed by atoms with Crippen molar-refractivity contribution in [3.63, 3.8) is 0 Å². The summed E-state index contributed by atoms with van der Waals surface area (Å²) < 4.78 is 26.2. The number of rotatable bonds is 6. The number of sulfonamides is 1. The molecule has 2 rings (SSSR count). The van der Waals surface area contributed by atoms with Gasteiger partial charge in [-0.2, -0.15) is 4.72 Å². The Morgan fingerprint density at radius 3 is 2.42 bits per heavy atom. The molecule has 1 aromatic carbocycles. The molecule has 1 amide bonds. The number of hydrogen-bond acceptors (Lipinski definition) is 4. The molecule has 2 atom stereocenters. The highest BCUT2D eigenvalue weighted by atomic mass is 32.2. The van der Waals surface area contributed by atoms with Crippen LogP contribution in [0.5, 0.6) is 0 Å². The van der Waals surface area contributed by atoms with Gasteiger partial charge in [-0.3, -0.25) is 9.59 Å². The van der Waals surface area contributed by atoms with Crippen LogP contribution in [0.4, 0.5) is 0 Å². The summed E-state index contributed by atoms with van der Waals surface area (Å²) >= 11 is 0. The maximum Gasteiger partial charge on any atom is 0.308 e. The topological polar surface area (TPSA) is 113 Å². The molecule has 1 fully saturated rings. The van der Waals surface area contributed by atoms with E-state index in [0.29, 0.717) is 12.8 Å². The van der Waals surface area contributed by atoms with Gasteiger partial charge in [0.1, 0.15) is 0 Å². The summed E-state index contributed by atoms with van der Waals surface area (Å²) in [6.45, 7) is -0.122. The number of carboxylic acid groups (broad SMARTS) is 1. The lowest BCUT2D eigenvalue weighted by Gasteiger charge is -2.23. The molecule has 3 N–H and O–H groups in total. The van der Waals surface area contributed by atoms with Crippen LogP contribution in [-0.2, 0) is 14.8 Å². The molecule has 140 valence electrons. The van der Waals surface area contributed by atoms with E-state index in [9.17, 15) is 23.1 Å². The number of benzene rings is 1. The lowest BCUT2D eigenvalue weighted by molar-refractivity contribution is -0.142. The Morgan fingerprint density at radius 2 is 1.81 bits per heavy atom.